The number of rotatable bonds is 7. The molecule has 3 aromatic rings. The Labute approximate surface area is 181 Å². The minimum atomic E-state index is -0.460. The van der Waals surface area contributed by atoms with Crippen LogP contribution in [0, 0.1) is 0 Å². The Bertz CT molecular complexity index is 1060. The average molecular weight is 468 g/mol. The predicted octanol–water partition coefficient (Wildman–Crippen LogP) is 4.75. The van der Waals surface area contributed by atoms with Gasteiger partial charge in [-0.3, -0.25) is 9.59 Å². The Kier molecular flexibility index (Phi) is 6.98. The minimum Gasteiger partial charge on any atom is -0.484 e. The molecule has 3 aromatic carbocycles. The van der Waals surface area contributed by atoms with Crippen LogP contribution in [0.3, 0.4) is 0 Å². The number of carbonyl (C=O) groups excluding carboxylic acids is 3. The molecule has 0 saturated heterocycles. The van der Waals surface area contributed by atoms with Crippen LogP contribution in [0.25, 0.3) is 0 Å². The summed E-state index contributed by atoms with van der Waals surface area (Å²) < 4.78 is 10.8. The van der Waals surface area contributed by atoms with E-state index in [0.717, 1.165) is 0 Å². The number of ether oxygens (including phenoxy) is 2. The second-order valence-corrected chi connectivity index (χ2v) is 7.10. The topological polar surface area (TPSA) is 81.7 Å². The number of esters is 1. The number of anilines is 1. The van der Waals surface area contributed by atoms with Crippen molar-refractivity contribution in [3.63, 3.8) is 0 Å². The van der Waals surface area contributed by atoms with E-state index in [9.17, 15) is 14.4 Å². The molecule has 6 nitrogen and oxygen atoms in total. The number of benzene rings is 3. The van der Waals surface area contributed by atoms with Gasteiger partial charge in [0, 0.05) is 16.8 Å². The van der Waals surface area contributed by atoms with E-state index in [1.807, 2.05) is 6.07 Å². The van der Waals surface area contributed by atoms with Gasteiger partial charge in [-0.25, -0.2) is 4.79 Å². The van der Waals surface area contributed by atoms with Crippen molar-refractivity contribution in [2.45, 2.75) is 0 Å². The van der Waals surface area contributed by atoms with Crippen LogP contribution in [0.2, 0.25) is 0 Å². The molecule has 152 valence electrons. The summed E-state index contributed by atoms with van der Waals surface area (Å²) in [5.74, 6) is -0.473. The number of hydrogen-bond acceptors (Lipinski definition) is 5. The van der Waals surface area contributed by atoms with Gasteiger partial charge in [-0.15, -0.1) is 0 Å². The van der Waals surface area contributed by atoms with Crippen molar-refractivity contribution in [3.05, 3.63) is 94.0 Å². The van der Waals surface area contributed by atoms with Crippen molar-refractivity contribution in [2.75, 3.05) is 19.0 Å². The number of amides is 1. The SMILES string of the molecule is COC(=O)c1ccc(OCC(=O)c2ccc(NC(=O)c3ccccc3)cc2)c(Br)c1. The first-order valence-electron chi connectivity index (χ1n) is 8.98. The maximum absolute atomic E-state index is 12.4. The molecule has 0 atom stereocenters. The van der Waals surface area contributed by atoms with Crippen molar-refractivity contribution in [1.29, 1.82) is 0 Å². The zero-order chi connectivity index (χ0) is 21.5. The van der Waals surface area contributed by atoms with Gasteiger partial charge in [-0.1, -0.05) is 18.2 Å². The van der Waals surface area contributed by atoms with E-state index in [2.05, 4.69) is 26.0 Å². The molecule has 0 bridgehead atoms. The summed E-state index contributed by atoms with van der Waals surface area (Å²) in [5.41, 5.74) is 1.96. The summed E-state index contributed by atoms with van der Waals surface area (Å²) in [4.78, 5) is 36.1. The third-order valence-electron chi connectivity index (χ3n) is 4.21. The zero-order valence-electron chi connectivity index (χ0n) is 16.1. The Morgan fingerprint density at radius 3 is 2.17 bits per heavy atom. The lowest BCUT2D eigenvalue weighted by Crippen LogP contribution is -2.13. The highest BCUT2D eigenvalue weighted by Gasteiger charge is 2.12. The highest BCUT2D eigenvalue weighted by Crippen LogP contribution is 2.26. The van der Waals surface area contributed by atoms with Gasteiger partial charge >= 0.3 is 5.97 Å². The summed E-state index contributed by atoms with van der Waals surface area (Å²) in [6.45, 7) is -0.175. The van der Waals surface area contributed by atoms with E-state index in [-0.39, 0.29) is 18.3 Å². The van der Waals surface area contributed by atoms with Gasteiger partial charge in [0.2, 0.25) is 0 Å². The summed E-state index contributed by atoms with van der Waals surface area (Å²) in [5, 5.41) is 2.78. The molecule has 0 radical (unpaired) electrons. The molecule has 0 aliphatic carbocycles. The standard InChI is InChI=1S/C23H18BrNO5/c1-29-23(28)17-9-12-21(19(24)13-17)30-14-20(26)15-7-10-18(11-8-15)25-22(27)16-5-3-2-4-6-16/h2-13H,14H2,1H3,(H,25,27). The van der Waals surface area contributed by atoms with E-state index in [1.54, 1.807) is 66.7 Å². The number of carbonyl (C=O) groups is 3. The molecule has 0 aliphatic heterocycles. The molecule has 0 saturated carbocycles. The van der Waals surface area contributed by atoms with Crippen molar-refractivity contribution in [2.24, 2.45) is 0 Å². The van der Waals surface area contributed by atoms with E-state index in [4.69, 9.17) is 4.74 Å². The quantitative estimate of drug-likeness (QED) is 0.400. The van der Waals surface area contributed by atoms with Gasteiger partial charge in [-0.05, 0) is 70.5 Å². The molecule has 1 N–H and O–H groups in total. The van der Waals surface area contributed by atoms with Gasteiger partial charge in [0.1, 0.15) is 5.75 Å². The maximum Gasteiger partial charge on any atom is 0.337 e. The first kappa shape index (κ1) is 21.3. The fourth-order valence-electron chi connectivity index (χ4n) is 2.62. The fourth-order valence-corrected chi connectivity index (χ4v) is 3.11. The van der Waals surface area contributed by atoms with Crippen molar-refractivity contribution < 1.29 is 23.9 Å². The highest BCUT2D eigenvalue weighted by atomic mass is 79.9. The maximum atomic E-state index is 12.4. The normalized spacial score (nSPS) is 10.2. The lowest BCUT2D eigenvalue weighted by molar-refractivity contribution is 0.0600. The largest absolute Gasteiger partial charge is 0.484 e. The van der Waals surface area contributed by atoms with Gasteiger partial charge in [0.25, 0.3) is 5.91 Å². The summed E-state index contributed by atoms with van der Waals surface area (Å²) in [6, 6.07) is 20.2. The number of ketones is 1. The van der Waals surface area contributed by atoms with Gasteiger partial charge in [0.15, 0.2) is 12.4 Å². The monoisotopic (exact) mass is 467 g/mol. The molecule has 0 heterocycles. The van der Waals surface area contributed by atoms with Crippen LogP contribution in [0.1, 0.15) is 31.1 Å². The van der Waals surface area contributed by atoms with E-state index >= 15 is 0 Å². The number of nitrogens with one attached hydrogen (secondary N) is 1. The van der Waals surface area contributed by atoms with Crippen LogP contribution in [-0.4, -0.2) is 31.4 Å². The molecule has 0 unspecified atom stereocenters. The van der Waals surface area contributed by atoms with E-state index < -0.39 is 5.97 Å². The van der Waals surface area contributed by atoms with Crippen molar-refractivity contribution in [1.82, 2.24) is 0 Å². The lowest BCUT2D eigenvalue weighted by atomic mass is 10.1. The summed E-state index contributed by atoms with van der Waals surface area (Å²) >= 11 is 3.32. The summed E-state index contributed by atoms with van der Waals surface area (Å²) in [7, 11) is 1.30. The van der Waals surface area contributed by atoms with Crippen LogP contribution >= 0.6 is 15.9 Å². The minimum absolute atomic E-state index is 0.175. The Hall–Kier alpha value is -3.45. The first-order chi connectivity index (χ1) is 14.5. The Morgan fingerprint density at radius 2 is 1.53 bits per heavy atom. The van der Waals surface area contributed by atoms with Crippen LogP contribution < -0.4 is 10.1 Å². The Morgan fingerprint density at radius 1 is 0.867 bits per heavy atom. The van der Waals surface area contributed by atoms with Crippen molar-refractivity contribution >= 4 is 39.3 Å². The lowest BCUT2D eigenvalue weighted by Gasteiger charge is -2.09. The molecule has 30 heavy (non-hydrogen) atoms. The smallest absolute Gasteiger partial charge is 0.337 e. The number of Topliss-reactive ketones (excluding diaryl/α,β-unsaturated/α-hetero) is 1. The van der Waals surface area contributed by atoms with Gasteiger partial charge in [-0.2, -0.15) is 0 Å². The van der Waals surface area contributed by atoms with Crippen molar-refractivity contribution in [3.8, 4) is 5.75 Å². The van der Waals surface area contributed by atoms with Crippen LogP contribution in [-0.2, 0) is 4.74 Å². The number of halogens is 1. The van der Waals surface area contributed by atoms with Gasteiger partial charge in [0.05, 0.1) is 17.1 Å². The molecule has 7 heteroatoms. The second kappa shape index (κ2) is 9.84. The van der Waals surface area contributed by atoms with Crippen LogP contribution in [0.15, 0.2) is 77.3 Å². The third-order valence-corrected chi connectivity index (χ3v) is 4.83. The van der Waals surface area contributed by atoms with E-state index in [0.29, 0.717) is 32.6 Å². The number of methoxy groups -OCH3 is 1. The number of hydrogen-bond donors (Lipinski definition) is 1. The Balaban J connectivity index is 1.58. The molecule has 0 spiro atoms. The molecule has 0 fully saturated rings. The molecule has 3 rings (SSSR count). The summed E-state index contributed by atoms with van der Waals surface area (Å²) in [6.07, 6.45) is 0. The van der Waals surface area contributed by atoms with Crippen LogP contribution in [0.5, 0.6) is 5.75 Å². The van der Waals surface area contributed by atoms with Crippen LogP contribution in [0.4, 0.5) is 5.69 Å². The second-order valence-electron chi connectivity index (χ2n) is 6.25. The predicted molar refractivity (Wildman–Crippen MR) is 116 cm³/mol. The average Bonchev–Trinajstić information content (AvgIpc) is 2.78. The molecule has 0 aromatic heterocycles. The van der Waals surface area contributed by atoms with E-state index in [1.165, 1.54) is 7.11 Å². The molecule has 0 aliphatic rings. The zero-order valence-corrected chi connectivity index (χ0v) is 17.6. The molecule has 1 amide bonds. The first-order valence-corrected chi connectivity index (χ1v) is 9.77. The highest BCUT2D eigenvalue weighted by molar-refractivity contribution is 9.10. The fraction of sp³-hybridized carbons (Fsp3) is 0.0870. The molecular weight excluding hydrogens is 450 g/mol. The molecular formula is C23H18BrNO5. The third kappa shape index (κ3) is 5.33. The van der Waals surface area contributed by atoms with Gasteiger partial charge < -0.3 is 14.8 Å².